The van der Waals surface area contributed by atoms with E-state index < -0.39 is 10.0 Å². The molecule has 0 aliphatic heterocycles. The van der Waals surface area contributed by atoms with E-state index in [1.165, 1.54) is 0 Å². The monoisotopic (exact) mass is 315 g/mol. The van der Waals surface area contributed by atoms with Crippen LogP contribution in [-0.2, 0) is 23.1 Å². The molecule has 0 bridgehead atoms. The summed E-state index contributed by atoms with van der Waals surface area (Å²) in [7, 11) is -3.45. The molecule has 1 aromatic heterocycles. The summed E-state index contributed by atoms with van der Waals surface area (Å²) in [5.74, 6) is 0.263. The Labute approximate surface area is 129 Å². The minimum Gasteiger partial charge on any atom is -0.349 e. The van der Waals surface area contributed by atoms with Gasteiger partial charge in [-0.25, -0.2) is 13.1 Å². The molecule has 1 heterocycles. The number of sulfonamides is 1. The number of hydrogen-bond acceptors (Lipinski definition) is 3. The molecule has 6 heteroatoms. The second kappa shape index (κ2) is 7.96. The molecule has 0 saturated carbocycles. The number of nitrogens with one attached hydrogen (secondary N) is 2. The lowest BCUT2D eigenvalue weighted by molar-refractivity contribution is 0.476. The molecule has 122 valence electrons. The second-order valence-corrected chi connectivity index (χ2v) is 7.51. The van der Waals surface area contributed by atoms with Gasteiger partial charge >= 0.3 is 0 Å². The maximum atomic E-state index is 12.4. The number of nitrogens with zero attached hydrogens (tertiary/aromatic N) is 1. The Morgan fingerprint density at radius 2 is 1.90 bits per heavy atom. The maximum absolute atomic E-state index is 12.4. The van der Waals surface area contributed by atoms with Gasteiger partial charge in [0.25, 0.3) is 0 Å². The molecule has 0 aromatic carbocycles. The first-order chi connectivity index (χ1) is 9.81. The third-order valence-electron chi connectivity index (χ3n) is 3.63. The fraction of sp³-hybridized carbons (Fsp3) is 0.733. The molecule has 0 aliphatic carbocycles. The molecular formula is C15H29N3O2S. The average Bonchev–Trinajstić information content (AvgIpc) is 2.80. The number of rotatable bonds is 9. The van der Waals surface area contributed by atoms with E-state index in [9.17, 15) is 8.42 Å². The van der Waals surface area contributed by atoms with Crippen molar-refractivity contribution in [1.29, 1.82) is 0 Å². The number of hydrogen-bond donors (Lipinski definition) is 2. The van der Waals surface area contributed by atoms with Crippen molar-refractivity contribution in [3.8, 4) is 0 Å². The highest BCUT2D eigenvalue weighted by atomic mass is 32.2. The van der Waals surface area contributed by atoms with Gasteiger partial charge in [-0.15, -0.1) is 0 Å². The van der Waals surface area contributed by atoms with Crippen LogP contribution in [0.25, 0.3) is 0 Å². The van der Waals surface area contributed by atoms with Gasteiger partial charge in [0.05, 0.1) is 4.90 Å². The van der Waals surface area contributed by atoms with Gasteiger partial charge in [0.15, 0.2) is 0 Å². The van der Waals surface area contributed by atoms with Crippen molar-refractivity contribution in [2.24, 2.45) is 5.92 Å². The Hall–Kier alpha value is -0.850. The summed E-state index contributed by atoms with van der Waals surface area (Å²) in [4.78, 5) is 0.358. The average molecular weight is 315 g/mol. The third-order valence-corrected chi connectivity index (χ3v) is 5.16. The fourth-order valence-corrected chi connectivity index (χ4v) is 3.43. The Balaban J connectivity index is 3.00. The number of aryl methyl sites for hydroxylation is 1. The van der Waals surface area contributed by atoms with Crippen LogP contribution in [0.15, 0.2) is 17.2 Å². The van der Waals surface area contributed by atoms with E-state index in [0.29, 0.717) is 11.4 Å². The third kappa shape index (κ3) is 5.13. The lowest BCUT2D eigenvalue weighted by Gasteiger charge is -2.16. The largest absolute Gasteiger partial charge is 0.349 e. The summed E-state index contributed by atoms with van der Waals surface area (Å²) in [5, 5.41) is 3.25. The first kappa shape index (κ1) is 18.2. The smallest absolute Gasteiger partial charge is 0.242 e. The summed E-state index contributed by atoms with van der Waals surface area (Å²) in [6.07, 6.45) is 2.72. The molecule has 0 fully saturated rings. The summed E-state index contributed by atoms with van der Waals surface area (Å²) in [5.41, 5.74) is 1.01. The van der Waals surface area contributed by atoms with Crippen LogP contribution in [0, 0.1) is 5.92 Å². The van der Waals surface area contributed by atoms with E-state index in [2.05, 4.69) is 17.0 Å². The zero-order valence-electron chi connectivity index (χ0n) is 13.8. The van der Waals surface area contributed by atoms with Crippen molar-refractivity contribution in [2.75, 3.05) is 6.54 Å². The molecule has 5 nitrogen and oxygen atoms in total. The van der Waals surface area contributed by atoms with Gasteiger partial charge in [0.2, 0.25) is 10.0 Å². The van der Waals surface area contributed by atoms with E-state index in [1.807, 2.05) is 32.3 Å². The van der Waals surface area contributed by atoms with Crippen molar-refractivity contribution in [1.82, 2.24) is 14.6 Å². The summed E-state index contributed by atoms with van der Waals surface area (Å²) in [6, 6.07) is 1.69. The molecule has 21 heavy (non-hydrogen) atoms. The van der Waals surface area contributed by atoms with Crippen molar-refractivity contribution in [3.63, 3.8) is 0 Å². The van der Waals surface area contributed by atoms with E-state index in [1.54, 1.807) is 12.3 Å². The van der Waals surface area contributed by atoms with Crippen LogP contribution in [0.5, 0.6) is 0 Å². The van der Waals surface area contributed by atoms with Crippen molar-refractivity contribution >= 4 is 10.0 Å². The minimum absolute atomic E-state index is 0.0817. The van der Waals surface area contributed by atoms with Crippen LogP contribution in [-0.4, -0.2) is 25.6 Å². The Morgan fingerprint density at radius 3 is 2.43 bits per heavy atom. The fourth-order valence-electron chi connectivity index (χ4n) is 1.97. The molecule has 0 saturated heterocycles. The van der Waals surface area contributed by atoms with E-state index in [-0.39, 0.29) is 12.0 Å². The molecule has 0 amide bonds. The minimum atomic E-state index is -3.45. The highest BCUT2D eigenvalue weighted by Gasteiger charge is 2.21. The molecule has 0 spiro atoms. The molecule has 2 N–H and O–H groups in total. The molecular weight excluding hydrogens is 286 g/mol. The van der Waals surface area contributed by atoms with Crippen LogP contribution in [0.3, 0.4) is 0 Å². The van der Waals surface area contributed by atoms with Gasteiger partial charge in [0.1, 0.15) is 0 Å². The summed E-state index contributed by atoms with van der Waals surface area (Å²) >= 11 is 0. The predicted octanol–water partition coefficient (Wildman–Crippen LogP) is 2.33. The first-order valence-corrected chi connectivity index (χ1v) is 9.22. The van der Waals surface area contributed by atoms with Crippen molar-refractivity contribution < 1.29 is 8.42 Å². The van der Waals surface area contributed by atoms with Crippen LogP contribution in [0.4, 0.5) is 0 Å². The van der Waals surface area contributed by atoms with Gasteiger partial charge in [-0.3, -0.25) is 0 Å². The Morgan fingerprint density at radius 1 is 1.24 bits per heavy atom. The highest BCUT2D eigenvalue weighted by Crippen LogP contribution is 2.16. The zero-order chi connectivity index (χ0) is 16.0. The molecule has 1 unspecified atom stereocenters. The number of aromatic nitrogens is 1. The van der Waals surface area contributed by atoms with E-state index in [4.69, 9.17) is 0 Å². The molecule has 1 atom stereocenters. The van der Waals surface area contributed by atoms with E-state index >= 15 is 0 Å². The zero-order valence-corrected chi connectivity index (χ0v) is 14.6. The summed E-state index contributed by atoms with van der Waals surface area (Å²) < 4.78 is 29.7. The van der Waals surface area contributed by atoms with Crippen LogP contribution in [0.2, 0.25) is 0 Å². The maximum Gasteiger partial charge on any atom is 0.242 e. The lowest BCUT2D eigenvalue weighted by Crippen LogP contribution is -2.35. The van der Waals surface area contributed by atoms with Gasteiger partial charge in [-0.05, 0) is 31.9 Å². The second-order valence-electron chi connectivity index (χ2n) is 5.79. The lowest BCUT2D eigenvalue weighted by atomic mass is 10.1. The van der Waals surface area contributed by atoms with Gasteiger partial charge < -0.3 is 9.88 Å². The molecule has 1 rings (SSSR count). The molecule has 0 aliphatic rings. The van der Waals surface area contributed by atoms with Crippen molar-refractivity contribution in [3.05, 3.63) is 18.0 Å². The Kier molecular flexibility index (Phi) is 6.90. The van der Waals surface area contributed by atoms with Crippen LogP contribution in [0.1, 0.15) is 46.7 Å². The van der Waals surface area contributed by atoms with Crippen molar-refractivity contribution in [2.45, 2.75) is 65.1 Å². The van der Waals surface area contributed by atoms with Gasteiger partial charge in [0, 0.05) is 31.0 Å². The van der Waals surface area contributed by atoms with Crippen LogP contribution >= 0.6 is 0 Å². The van der Waals surface area contributed by atoms with Gasteiger partial charge in [-0.1, -0.05) is 27.7 Å². The normalized spacial score (nSPS) is 13.8. The quantitative estimate of drug-likeness (QED) is 0.735. The molecule has 1 aromatic rings. The topological polar surface area (TPSA) is 63.1 Å². The standard InChI is InChI=1S/C15H29N3O2S/c1-6-8-18-11-15(9-14(18)10-16-7-2)21(19,20)17-13(5)12(3)4/h9,11-13,16-17H,6-8,10H2,1-5H3. The SMILES string of the molecule is CCCn1cc(S(=O)(=O)NC(C)C(C)C)cc1CNCC. The van der Waals surface area contributed by atoms with Crippen LogP contribution < -0.4 is 10.0 Å². The van der Waals surface area contributed by atoms with Gasteiger partial charge in [-0.2, -0.15) is 0 Å². The predicted molar refractivity (Wildman–Crippen MR) is 86.7 cm³/mol. The highest BCUT2D eigenvalue weighted by molar-refractivity contribution is 7.89. The first-order valence-electron chi connectivity index (χ1n) is 7.73. The Bertz CT molecular complexity index is 535. The van der Waals surface area contributed by atoms with E-state index in [0.717, 1.165) is 25.2 Å². The summed E-state index contributed by atoms with van der Waals surface area (Å²) in [6.45, 7) is 12.4. The molecule has 0 radical (unpaired) electrons.